The van der Waals surface area contributed by atoms with Crippen LogP contribution >= 0.6 is 0 Å². The van der Waals surface area contributed by atoms with Crippen LogP contribution in [0.1, 0.15) is 31.1 Å². The number of carbonyl (C=O) groups excluding carboxylic acids is 1. The minimum Gasteiger partial charge on any atom is -0.493 e. The van der Waals surface area contributed by atoms with Gasteiger partial charge >= 0.3 is 0 Å². The lowest BCUT2D eigenvalue weighted by atomic mass is 9.97. The summed E-state index contributed by atoms with van der Waals surface area (Å²) in [6, 6.07) is 3.35. The van der Waals surface area contributed by atoms with Crippen molar-refractivity contribution in [1.29, 1.82) is 0 Å². The van der Waals surface area contributed by atoms with Crippen molar-refractivity contribution in [2.45, 2.75) is 20.8 Å². The van der Waals surface area contributed by atoms with Crippen molar-refractivity contribution in [2.24, 2.45) is 5.41 Å². The molecule has 0 radical (unpaired) electrons. The van der Waals surface area contributed by atoms with E-state index >= 15 is 0 Å². The number of carbonyl (C=O) groups is 1. The molecule has 1 aromatic carbocycles. The van der Waals surface area contributed by atoms with E-state index in [9.17, 15) is 4.79 Å². The summed E-state index contributed by atoms with van der Waals surface area (Å²) in [5, 5.41) is 2.89. The molecule has 0 fully saturated rings. The summed E-state index contributed by atoms with van der Waals surface area (Å²) in [7, 11) is 4.55. The van der Waals surface area contributed by atoms with Crippen LogP contribution < -0.4 is 19.5 Å². The van der Waals surface area contributed by atoms with Crippen molar-refractivity contribution >= 4 is 5.91 Å². The van der Waals surface area contributed by atoms with Gasteiger partial charge in [0.2, 0.25) is 5.75 Å². The molecule has 0 aliphatic heterocycles. The molecule has 1 amide bonds. The number of amides is 1. The van der Waals surface area contributed by atoms with E-state index in [1.165, 1.54) is 21.3 Å². The average Bonchev–Trinajstić information content (AvgIpc) is 2.41. The van der Waals surface area contributed by atoms with Gasteiger partial charge in [-0.05, 0) is 17.5 Å². The second-order valence-electron chi connectivity index (χ2n) is 5.63. The third-order valence-electron chi connectivity index (χ3n) is 2.73. The number of ether oxygens (including phenoxy) is 3. The third-order valence-corrected chi connectivity index (χ3v) is 2.73. The molecule has 1 aromatic rings. The number of methoxy groups -OCH3 is 3. The van der Waals surface area contributed by atoms with E-state index in [2.05, 4.69) is 26.1 Å². The fourth-order valence-electron chi connectivity index (χ4n) is 1.72. The molecule has 20 heavy (non-hydrogen) atoms. The first-order valence-corrected chi connectivity index (χ1v) is 6.41. The van der Waals surface area contributed by atoms with Gasteiger partial charge in [0, 0.05) is 6.54 Å². The molecule has 5 heteroatoms. The quantitative estimate of drug-likeness (QED) is 0.901. The van der Waals surface area contributed by atoms with Crippen LogP contribution in [0.15, 0.2) is 12.1 Å². The molecule has 0 saturated heterocycles. The van der Waals surface area contributed by atoms with Crippen molar-refractivity contribution in [3.63, 3.8) is 0 Å². The van der Waals surface area contributed by atoms with Gasteiger partial charge in [-0.2, -0.15) is 0 Å². The predicted molar refractivity (Wildman–Crippen MR) is 77.9 cm³/mol. The smallest absolute Gasteiger partial charge is 0.255 e. The maximum absolute atomic E-state index is 12.3. The molecule has 0 spiro atoms. The van der Waals surface area contributed by atoms with E-state index in [0.717, 1.165) is 0 Å². The van der Waals surface area contributed by atoms with Gasteiger partial charge < -0.3 is 19.5 Å². The summed E-state index contributed by atoms with van der Waals surface area (Å²) < 4.78 is 15.8. The van der Waals surface area contributed by atoms with Crippen LogP contribution in [-0.4, -0.2) is 33.8 Å². The fourth-order valence-corrected chi connectivity index (χ4v) is 1.72. The van der Waals surface area contributed by atoms with Gasteiger partial charge in [0.15, 0.2) is 11.5 Å². The molecular weight excluding hydrogens is 258 g/mol. The summed E-state index contributed by atoms with van der Waals surface area (Å²) in [6.07, 6.45) is 0. The molecule has 0 atom stereocenters. The average molecular weight is 281 g/mol. The fraction of sp³-hybridized carbons (Fsp3) is 0.533. The van der Waals surface area contributed by atoms with Gasteiger partial charge in [0.1, 0.15) is 0 Å². The van der Waals surface area contributed by atoms with E-state index < -0.39 is 0 Å². The molecule has 0 saturated carbocycles. The number of hydrogen-bond donors (Lipinski definition) is 1. The van der Waals surface area contributed by atoms with Gasteiger partial charge in [-0.3, -0.25) is 4.79 Å². The lowest BCUT2D eigenvalue weighted by Gasteiger charge is -2.20. The molecule has 1 rings (SSSR count). The van der Waals surface area contributed by atoms with E-state index in [0.29, 0.717) is 29.4 Å². The third kappa shape index (κ3) is 3.79. The summed E-state index contributed by atoms with van der Waals surface area (Å²) in [5.41, 5.74) is 0.439. The Morgan fingerprint density at radius 1 is 1.05 bits per heavy atom. The van der Waals surface area contributed by atoms with Crippen LogP contribution in [0.2, 0.25) is 0 Å². The molecule has 0 aliphatic rings. The van der Waals surface area contributed by atoms with Gasteiger partial charge in [-0.25, -0.2) is 0 Å². The maximum atomic E-state index is 12.3. The van der Waals surface area contributed by atoms with Crippen molar-refractivity contribution < 1.29 is 19.0 Å². The van der Waals surface area contributed by atoms with Crippen LogP contribution in [0, 0.1) is 5.41 Å². The van der Waals surface area contributed by atoms with Crippen molar-refractivity contribution in [2.75, 3.05) is 27.9 Å². The van der Waals surface area contributed by atoms with Crippen molar-refractivity contribution in [3.8, 4) is 17.2 Å². The van der Waals surface area contributed by atoms with E-state index in [4.69, 9.17) is 14.2 Å². The molecule has 1 N–H and O–H groups in total. The Hall–Kier alpha value is -1.91. The Morgan fingerprint density at radius 3 is 2.10 bits per heavy atom. The molecule has 0 bridgehead atoms. The zero-order chi connectivity index (χ0) is 15.3. The number of hydrogen-bond acceptors (Lipinski definition) is 4. The first-order chi connectivity index (χ1) is 9.34. The zero-order valence-electron chi connectivity index (χ0n) is 13.0. The van der Waals surface area contributed by atoms with Gasteiger partial charge in [-0.1, -0.05) is 20.8 Å². The Bertz CT molecular complexity index is 477. The van der Waals surface area contributed by atoms with Crippen LogP contribution in [0.5, 0.6) is 17.2 Å². The summed E-state index contributed by atoms with van der Waals surface area (Å²) in [5.74, 6) is 1.12. The van der Waals surface area contributed by atoms with E-state index in [1.807, 2.05) is 0 Å². The maximum Gasteiger partial charge on any atom is 0.255 e. The van der Waals surface area contributed by atoms with E-state index in [-0.39, 0.29) is 11.3 Å². The van der Waals surface area contributed by atoms with Gasteiger partial charge in [-0.15, -0.1) is 0 Å². The predicted octanol–water partition coefficient (Wildman–Crippen LogP) is 2.49. The Labute approximate surface area is 120 Å². The minimum absolute atomic E-state index is 0.0133. The molecular formula is C15H23NO4. The minimum atomic E-state index is -0.197. The lowest BCUT2D eigenvalue weighted by Crippen LogP contribution is -2.32. The topological polar surface area (TPSA) is 56.8 Å². The van der Waals surface area contributed by atoms with Crippen LogP contribution in [-0.2, 0) is 0 Å². The van der Waals surface area contributed by atoms with E-state index in [1.54, 1.807) is 12.1 Å². The highest BCUT2D eigenvalue weighted by Crippen LogP contribution is 2.39. The molecule has 5 nitrogen and oxygen atoms in total. The summed E-state index contributed by atoms with van der Waals surface area (Å²) in [6.45, 7) is 6.74. The highest BCUT2D eigenvalue weighted by atomic mass is 16.5. The lowest BCUT2D eigenvalue weighted by molar-refractivity contribution is 0.0935. The normalized spacial score (nSPS) is 10.9. The largest absolute Gasteiger partial charge is 0.493 e. The van der Waals surface area contributed by atoms with Crippen molar-refractivity contribution in [3.05, 3.63) is 17.7 Å². The molecule has 0 unspecified atom stereocenters. The Morgan fingerprint density at radius 2 is 1.65 bits per heavy atom. The van der Waals surface area contributed by atoms with Crippen LogP contribution in [0.25, 0.3) is 0 Å². The first kappa shape index (κ1) is 16.1. The van der Waals surface area contributed by atoms with Gasteiger partial charge in [0.25, 0.3) is 5.91 Å². The Kier molecular flexibility index (Phi) is 5.25. The summed E-state index contributed by atoms with van der Waals surface area (Å²) >= 11 is 0. The SMILES string of the molecule is COc1ccc(C(=O)NCC(C)(C)C)c(OC)c1OC. The summed E-state index contributed by atoms with van der Waals surface area (Å²) in [4.78, 5) is 12.3. The zero-order valence-corrected chi connectivity index (χ0v) is 13.0. The number of nitrogens with one attached hydrogen (secondary N) is 1. The molecule has 0 aromatic heterocycles. The number of benzene rings is 1. The standard InChI is InChI=1S/C15H23NO4/c1-15(2,3)9-16-14(17)10-7-8-11(18-4)13(20-6)12(10)19-5/h7-8H,9H2,1-6H3,(H,16,17). The monoisotopic (exact) mass is 281 g/mol. The first-order valence-electron chi connectivity index (χ1n) is 6.41. The molecule has 112 valence electrons. The van der Waals surface area contributed by atoms with Crippen LogP contribution in [0.3, 0.4) is 0 Å². The van der Waals surface area contributed by atoms with Gasteiger partial charge in [0.05, 0.1) is 26.9 Å². The molecule has 0 aliphatic carbocycles. The second-order valence-corrected chi connectivity index (χ2v) is 5.63. The molecule has 0 heterocycles. The Balaban J connectivity index is 3.09. The van der Waals surface area contributed by atoms with Crippen LogP contribution in [0.4, 0.5) is 0 Å². The highest BCUT2D eigenvalue weighted by molar-refractivity contribution is 5.98. The number of rotatable bonds is 5. The van der Waals surface area contributed by atoms with Crippen molar-refractivity contribution in [1.82, 2.24) is 5.32 Å². The second kappa shape index (κ2) is 6.50. The highest BCUT2D eigenvalue weighted by Gasteiger charge is 2.21.